The zero-order valence-corrected chi connectivity index (χ0v) is 13.1. The first kappa shape index (κ1) is 27.5. The molecule has 0 aliphatic rings. The molecule has 0 saturated carbocycles. The molecule has 174 valence electrons. The molecule has 0 bridgehead atoms. The van der Waals surface area contributed by atoms with Gasteiger partial charge in [0.25, 0.3) is 5.16 Å². The van der Waals surface area contributed by atoms with Crippen molar-refractivity contribution in [2.45, 2.75) is 42.0 Å². The summed E-state index contributed by atoms with van der Waals surface area (Å²) >= 11 is 0. The Hall–Kier alpha value is -1.47. The number of rotatable bonds is 7. The quantitative estimate of drug-likeness (QED) is 0.398. The van der Waals surface area contributed by atoms with Crippen LogP contribution in [0.15, 0.2) is 11.0 Å². The minimum absolute atomic E-state index is 4.05. The highest BCUT2D eigenvalue weighted by Crippen LogP contribution is 2.61. The summed E-state index contributed by atoms with van der Waals surface area (Å²) in [5, 5.41) is -4.05. The van der Waals surface area contributed by atoms with E-state index in [0.29, 0.717) is 0 Å². The van der Waals surface area contributed by atoms with Crippen LogP contribution < -0.4 is 0 Å². The molecule has 1 N–H and O–H groups in total. The van der Waals surface area contributed by atoms with Crippen molar-refractivity contribution >= 4 is 10.1 Å². The van der Waals surface area contributed by atoms with Gasteiger partial charge in [0.05, 0.1) is 0 Å². The number of hydrogen-bond donors (Lipinski definition) is 1. The monoisotopic (exact) mass is 494 g/mol. The minimum atomic E-state index is -8.50. The molecule has 20 heteroatoms. The van der Waals surface area contributed by atoms with Crippen LogP contribution in [-0.4, -0.2) is 54.9 Å². The average molecular weight is 494 g/mol. The molecule has 0 aromatic carbocycles. The molecule has 0 spiro atoms. The molecular formula is C9H2F16O3S. The van der Waals surface area contributed by atoms with Crippen LogP contribution in [-0.2, 0) is 10.1 Å². The lowest BCUT2D eigenvalue weighted by Gasteiger charge is -2.40. The first-order chi connectivity index (χ1) is 12.2. The van der Waals surface area contributed by atoms with Crippen molar-refractivity contribution in [1.29, 1.82) is 0 Å². The van der Waals surface area contributed by atoms with Crippen LogP contribution in [0.3, 0.4) is 0 Å². The van der Waals surface area contributed by atoms with Gasteiger partial charge in [-0.2, -0.15) is 69.9 Å². The summed E-state index contributed by atoms with van der Waals surface area (Å²) in [6.07, 6.45) is -13.7. The van der Waals surface area contributed by atoms with Crippen LogP contribution in [0.25, 0.3) is 0 Å². The van der Waals surface area contributed by atoms with Crippen LogP contribution in [0.1, 0.15) is 0 Å². The second-order valence-electron chi connectivity index (χ2n) is 4.88. The van der Waals surface area contributed by atoms with Gasteiger partial charge < -0.3 is 0 Å². The Labute approximate surface area is 147 Å². The summed E-state index contributed by atoms with van der Waals surface area (Å²) in [6.45, 7) is 0. The SMILES string of the molecule is O=S(=O)(O)/C(F)=C(\F)C(F)C(F)(F)C(F)(F)C(F)(F)C(F)(F)C(F)(F)C(F)(F)F. The minimum Gasteiger partial charge on any atom is -0.280 e. The summed E-state index contributed by atoms with van der Waals surface area (Å²) < 4.78 is 231. The Morgan fingerprint density at radius 1 is 0.655 bits per heavy atom. The van der Waals surface area contributed by atoms with E-state index in [1.165, 1.54) is 0 Å². The van der Waals surface area contributed by atoms with Gasteiger partial charge in [0, 0.05) is 0 Å². The first-order valence-corrected chi connectivity index (χ1v) is 7.29. The van der Waals surface area contributed by atoms with Crippen LogP contribution in [0, 0.1) is 0 Å². The van der Waals surface area contributed by atoms with Gasteiger partial charge in [0.15, 0.2) is 5.83 Å². The van der Waals surface area contributed by atoms with Crippen LogP contribution >= 0.6 is 0 Å². The molecule has 0 aliphatic carbocycles. The third-order valence-electron chi connectivity index (χ3n) is 2.91. The summed E-state index contributed by atoms with van der Waals surface area (Å²) in [5.74, 6) is -45.5. The molecule has 0 amide bonds. The lowest BCUT2D eigenvalue weighted by molar-refractivity contribution is -0.442. The summed E-state index contributed by atoms with van der Waals surface area (Å²) in [7, 11) is -6.64. The van der Waals surface area contributed by atoms with Crippen LogP contribution in [0.2, 0.25) is 0 Å². The van der Waals surface area contributed by atoms with Gasteiger partial charge >= 0.3 is 45.9 Å². The Kier molecular flexibility index (Phi) is 6.69. The fourth-order valence-corrected chi connectivity index (χ4v) is 1.67. The van der Waals surface area contributed by atoms with E-state index in [0.717, 1.165) is 0 Å². The normalized spacial score (nSPS) is 17.8. The van der Waals surface area contributed by atoms with Crippen molar-refractivity contribution in [2.24, 2.45) is 0 Å². The summed E-state index contributed by atoms with van der Waals surface area (Å²) in [5.41, 5.74) is 0. The second-order valence-corrected chi connectivity index (χ2v) is 6.19. The molecule has 1 atom stereocenters. The maximum atomic E-state index is 13.1. The van der Waals surface area contributed by atoms with Gasteiger partial charge in [0.1, 0.15) is 0 Å². The zero-order chi connectivity index (χ0) is 24.2. The molecule has 0 radical (unpaired) electrons. The molecular weight excluding hydrogens is 492 g/mol. The Bertz CT molecular complexity index is 763. The average Bonchev–Trinajstić information content (AvgIpc) is 2.49. The largest absolute Gasteiger partial charge is 0.460 e. The maximum absolute atomic E-state index is 13.1. The molecule has 0 aliphatic heterocycles. The van der Waals surface area contributed by atoms with Crippen LogP contribution in [0.4, 0.5) is 70.2 Å². The smallest absolute Gasteiger partial charge is 0.280 e. The molecule has 1 unspecified atom stereocenters. The van der Waals surface area contributed by atoms with Crippen molar-refractivity contribution in [3.8, 4) is 0 Å². The standard InChI is InChI=1S/C9H2F16O3S/c10-1(3(12)29(26,27)28)2(11)4(13,14)5(15,16)6(17,18)7(19,20)8(21,22)9(23,24)25/h2H,(H,26,27,28)/b3-1-. The Morgan fingerprint density at radius 3 is 1.24 bits per heavy atom. The van der Waals surface area contributed by atoms with E-state index in [-0.39, 0.29) is 0 Å². The summed E-state index contributed by atoms with van der Waals surface area (Å²) in [4.78, 5) is 0. The molecule has 3 nitrogen and oxygen atoms in total. The number of halogens is 16. The third-order valence-corrected chi connectivity index (χ3v) is 3.56. The molecule has 0 aromatic heterocycles. The molecule has 0 fully saturated rings. The maximum Gasteiger partial charge on any atom is 0.460 e. The van der Waals surface area contributed by atoms with Crippen molar-refractivity contribution in [1.82, 2.24) is 0 Å². The zero-order valence-electron chi connectivity index (χ0n) is 12.3. The van der Waals surface area contributed by atoms with Gasteiger partial charge in [0.2, 0.25) is 6.17 Å². The molecule has 0 heterocycles. The lowest BCUT2D eigenvalue weighted by atomic mass is 9.91. The van der Waals surface area contributed by atoms with Crippen molar-refractivity contribution in [3.05, 3.63) is 11.0 Å². The van der Waals surface area contributed by atoms with Crippen LogP contribution in [0.5, 0.6) is 0 Å². The van der Waals surface area contributed by atoms with E-state index in [4.69, 9.17) is 4.55 Å². The highest BCUT2D eigenvalue weighted by Gasteiger charge is 2.91. The van der Waals surface area contributed by atoms with E-state index in [1.807, 2.05) is 0 Å². The van der Waals surface area contributed by atoms with Crippen molar-refractivity contribution in [3.63, 3.8) is 0 Å². The van der Waals surface area contributed by atoms with Gasteiger partial charge in [-0.15, -0.1) is 0 Å². The fraction of sp³-hybridized carbons (Fsp3) is 0.778. The number of allylic oxidation sites excluding steroid dienone is 1. The molecule has 29 heavy (non-hydrogen) atoms. The topological polar surface area (TPSA) is 54.4 Å². The second kappa shape index (κ2) is 7.05. The number of hydrogen-bond acceptors (Lipinski definition) is 2. The van der Waals surface area contributed by atoms with E-state index in [9.17, 15) is 78.7 Å². The van der Waals surface area contributed by atoms with E-state index < -0.39 is 63.1 Å². The van der Waals surface area contributed by atoms with Crippen molar-refractivity contribution in [2.75, 3.05) is 0 Å². The van der Waals surface area contributed by atoms with Gasteiger partial charge in [-0.25, -0.2) is 8.78 Å². The molecule has 0 aromatic rings. The van der Waals surface area contributed by atoms with E-state index >= 15 is 0 Å². The van der Waals surface area contributed by atoms with E-state index in [2.05, 4.69) is 0 Å². The Balaban J connectivity index is 6.67. The number of alkyl halides is 14. The summed E-state index contributed by atoms with van der Waals surface area (Å²) in [6, 6.07) is 0. The highest BCUT2D eigenvalue weighted by atomic mass is 32.2. The Morgan fingerprint density at radius 2 is 0.966 bits per heavy atom. The fourth-order valence-electron chi connectivity index (χ4n) is 1.32. The van der Waals surface area contributed by atoms with Gasteiger partial charge in [-0.1, -0.05) is 0 Å². The van der Waals surface area contributed by atoms with E-state index in [1.54, 1.807) is 0 Å². The molecule has 0 rings (SSSR count). The van der Waals surface area contributed by atoms with Gasteiger partial charge in [-0.3, -0.25) is 4.55 Å². The molecule has 0 saturated heterocycles. The van der Waals surface area contributed by atoms with Gasteiger partial charge in [-0.05, 0) is 0 Å². The third kappa shape index (κ3) is 3.96. The predicted octanol–water partition coefficient (Wildman–Crippen LogP) is 5.06. The predicted molar refractivity (Wildman–Crippen MR) is 56.5 cm³/mol. The van der Waals surface area contributed by atoms with Crippen molar-refractivity contribution < 1.29 is 83.2 Å². The highest BCUT2D eigenvalue weighted by molar-refractivity contribution is 7.89. The lowest BCUT2D eigenvalue weighted by Crippen LogP contribution is -2.71. The first-order valence-electron chi connectivity index (χ1n) is 5.85.